The normalized spacial score (nSPS) is 13.0. The maximum absolute atomic E-state index is 12.1. The van der Waals surface area contributed by atoms with Crippen molar-refractivity contribution in [2.24, 2.45) is 7.05 Å². The van der Waals surface area contributed by atoms with Crippen LogP contribution in [-0.2, 0) is 11.8 Å². The standard InChI is InChI=1S/C17H23N5O2/c1-11(15-10-22(4)21-12(15)2)18-17(24)19-13(3)16(23)20-14-8-6-5-7-9-14/h5-11,13H,1-4H3,(H,20,23)(H2,18,19,24)/t11-,13+/m0/s1. The minimum absolute atomic E-state index is 0.205. The molecule has 2 aromatic rings. The molecule has 2 rings (SSSR count). The zero-order chi connectivity index (χ0) is 17.7. The lowest BCUT2D eigenvalue weighted by Gasteiger charge is -2.18. The number of hydrogen-bond acceptors (Lipinski definition) is 3. The molecule has 128 valence electrons. The van der Waals surface area contributed by atoms with Crippen LogP contribution in [-0.4, -0.2) is 27.8 Å². The number of para-hydroxylation sites is 1. The fraction of sp³-hybridized carbons (Fsp3) is 0.353. The molecule has 7 heteroatoms. The van der Waals surface area contributed by atoms with Crippen LogP contribution in [0.15, 0.2) is 36.5 Å². The Morgan fingerprint density at radius 1 is 1.12 bits per heavy atom. The highest BCUT2D eigenvalue weighted by Gasteiger charge is 2.18. The minimum Gasteiger partial charge on any atom is -0.332 e. The van der Waals surface area contributed by atoms with Gasteiger partial charge in [-0.3, -0.25) is 9.48 Å². The van der Waals surface area contributed by atoms with E-state index in [1.54, 1.807) is 23.7 Å². The van der Waals surface area contributed by atoms with E-state index in [-0.39, 0.29) is 11.9 Å². The van der Waals surface area contributed by atoms with E-state index in [9.17, 15) is 9.59 Å². The number of rotatable bonds is 5. The van der Waals surface area contributed by atoms with Crippen LogP contribution in [0.1, 0.15) is 31.1 Å². The second-order valence-corrected chi connectivity index (χ2v) is 5.76. The molecule has 0 bridgehead atoms. The molecule has 0 aliphatic heterocycles. The van der Waals surface area contributed by atoms with E-state index in [2.05, 4.69) is 21.0 Å². The number of nitrogens with one attached hydrogen (secondary N) is 3. The molecule has 1 aromatic heterocycles. The van der Waals surface area contributed by atoms with Crippen LogP contribution in [0.4, 0.5) is 10.5 Å². The van der Waals surface area contributed by atoms with Gasteiger partial charge in [0.15, 0.2) is 0 Å². The first-order valence-corrected chi connectivity index (χ1v) is 7.80. The summed E-state index contributed by atoms with van der Waals surface area (Å²) in [5.74, 6) is -0.276. The van der Waals surface area contributed by atoms with Crippen molar-refractivity contribution in [3.63, 3.8) is 0 Å². The van der Waals surface area contributed by atoms with E-state index in [0.29, 0.717) is 5.69 Å². The van der Waals surface area contributed by atoms with E-state index in [1.165, 1.54) is 0 Å². The van der Waals surface area contributed by atoms with Gasteiger partial charge in [0, 0.05) is 24.5 Å². The van der Waals surface area contributed by atoms with Crippen LogP contribution < -0.4 is 16.0 Å². The third-order valence-corrected chi connectivity index (χ3v) is 3.65. The molecule has 0 spiro atoms. The Kier molecular flexibility index (Phi) is 5.57. The number of nitrogens with zero attached hydrogens (tertiary/aromatic N) is 2. The summed E-state index contributed by atoms with van der Waals surface area (Å²) in [7, 11) is 1.83. The van der Waals surface area contributed by atoms with Crippen molar-refractivity contribution in [3.8, 4) is 0 Å². The Labute approximate surface area is 141 Å². The van der Waals surface area contributed by atoms with Crippen molar-refractivity contribution in [3.05, 3.63) is 47.8 Å². The topological polar surface area (TPSA) is 88.1 Å². The average molecular weight is 329 g/mol. The van der Waals surface area contributed by atoms with Crippen molar-refractivity contribution in [2.45, 2.75) is 32.9 Å². The molecule has 0 aliphatic rings. The molecule has 3 N–H and O–H groups in total. The highest BCUT2D eigenvalue weighted by atomic mass is 16.2. The molecule has 24 heavy (non-hydrogen) atoms. The predicted molar refractivity (Wildman–Crippen MR) is 92.6 cm³/mol. The van der Waals surface area contributed by atoms with Gasteiger partial charge in [0.05, 0.1) is 11.7 Å². The summed E-state index contributed by atoms with van der Waals surface area (Å²) < 4.78 is 1.71. The third kappa shape index (κ3) is 4.58. The van der Waals surface area contributed by atoms with Crippen LogP contribution >= 0.6 is 0 Å². The molecule has 0 aliphatic carbocycles. The van der Waals surface area contributed by atoms with Gasteiger partial charge in [-0.15, -0.1) is 0 Å². The lowest BCUT2D eigenvalue weighted by Crippen LogP contribution is -2.46. The highest BCUT2D eigenvalue weighted by Crippen LogP contribution is 2.15. The van der Waals surface area contributed by atoms with Gasteiger partial charge in [0.2, 0.25) is 5.91 Å². The monoisotopic (exact) mass is 329 g/mol. The van der Waals surface area contributed by atoms with Crippen molar-refractivity contribution < 1.29 is 9.59 Å². The predicted octanol–water partition coefficient (Wildman–Crippen LogP) is 2.12. The van der Waals surface area contributed by atoms with Crippen LogP contribution in [0.3, 0.4) is 0 Å². The molecule has 0 saturated carbocycles. The molecule has 0 fully saturated rings. The molecule has 0 unspecified atom stereocenters. The van der Waals surface area contributed by atoms with Crippen molar-refractivity contribution in [1.82, 2.24) is 20.4 Å². The fourth-order valence-corrected chi connectivity index (χ4v) is 2.39. The largest absolute Gasteiger partial charge is 0.332 e. The molecule has 0 saturated heterocycles. The van der Waals surface area contributed by atoms with Gasteiger partial charge >= 0.3 is 6.03 Å². The maximum Gasteiger partial charge on any atom is 0.315 e. The number of anilines is 1. The smallest absolute Gasteiger partial charge is 0.315 e. The zero-order valence-electron chi connectivity index (χ0n) is 14.3. The summed E-state index contributed by atoms with van der Waals surface area (Å²) in [6, 6.07) is 7.84. The van der Waals surface area contributed by atoms with Crippen LogP contribution in [0.25, 0.3) is 0 Å². The summed E-state index contributed by atoms with van der Waals surface area (Å²) in [6.07, 6.45) is 1.87. The van der Waals surface area contributed by atoms with Gasteiger partial charge in [-0.1, -0.05) is 18.2 Å². The SMILES string of the molecule is Cc1nn(C)cc1[C@H](C)NC(=O)N[C@H](C)C(=O)Nc1ccccc1. The van der Waals surface area contributed by atoms with Gasteiger partial charge in [-0.05, 0) is 32.9 Å². The third-order valence-electron chi connectivity index (χ3n) is 3.65. The number of amides is 3. The first kappa shape index (κ1) is 17.5. The Bertz CT molecular complexity index is 711. The zero-order valence-corrected chi connectivity index (χ0v) is 14.3. The van der Waals surface area contributed by atoms with E-state index >= 15 is 0 Å². The summed E-state index contributed by atoms with van der Waals surface area (Å²) >= 11 is 0. The van der Waals surface area contributed by atoms with Gasteiger partial charge < -0.3 is 16.0 Å². The van der Waals surface area contributed by atoms with E-state index < -0.39 is 12.1 Å². The van der Waals surface area contributed by atoms with E-state index in [0.717, 1.165) is 11.3 Å². The lowest BCUT2D eigenvalue weighted by molar-refractivity contribution is -0.117. The number of aromatic nitrogens is 2. The quantitative estimate of drug-likeness (QED) is 0.785. The number of urea groups is 1. The molecule has 0 radical (unpaired) electrons. The van der Waals surface area contributed by atoms with Crippen LogP contribution in [0.5, 0.6) is 0 Å². The second-order valence-electron chi connectivity index (χ2n) is 5.76. The molecule has 7 nitrogen and oxygen atoms in total. The Hall–Kier alpha value is -2.83. The van der Waals surface area contributed by atoms with E-state index in [1.807, 2.05) is 45.3 Å². The molecule has 1 heterocycles. The average Bonchev–Trinajstić information content (AvgIpc) is 2.86. The summed E-state index contributed by atoms with van der Waals surface area (Å²) in [4.78, 5) is 24.2. The molecular weight excluding hydrogens is 306 g/mol. The minimum atomic E-state index is -0.660. The first-order chi connectivity index (χ1) is 11.4. The molecule has 2 atom stereocenters. The number of carbonyl (C=O) groups excluding carboxylic acids is 2. The van der Waals surface area contributed by atoms with E-state index in [4.69, 9.17) is 0 Å². The lowest BCUT2D eigenvalue weighted by atomic mass is 10.1. The van der Waals surface area contributed by atoms with Crippen LogP contribution in [0, 0.1) is 6.92 Å². The molecule has 3 amide bonds. The van der Waals surface area contributed by atoms with Gasteiger partial charge in [0.25, 0.3) is 0 Å². The Morgan fingerprint density at radius 2 is 1.79 bits per heavy atom. The first-order valence-electron chi connectivity index (χ1n) is 7.80. The van der Waals surface area contributed by atoms with Crippen LogP contribution in [0.2, 0.25) is 0 Å². The fourth-order valence-electron chi connectivity index (χ4n) is 2.39. The Morgan fingerprint density at radius 3 is 2.38 bits per heavy atom. The second kappa shape index (κ2) is 7.63. The number of hydrogen-bond donors (Lipinski definition) is 3. The van der Waals surface area contributed by atoms with Gasteiger partial charge in [0.1, 0.15) is 6.04 Å². The van der Waals surface area contributed by atoms with Crippen molar-refractivity contribution in [2.75, 3.05) is 5.32 Å². The highest BCUT2D eigenvalue weighted by molar-refractivity contribution is 5.96. The number of carbonyl (C=O) groups is 2. The van der Waals surface area contributed by atoms with Crippen molar-refractivity contribution >= 4 is 17.6 Å². The number of aryl methyl sites for hydroxylation is 2. The van der Waals surface area contributed by atoms with Gasteiger partial charge in [-0.2, -0.15) is 5.10 Å². The summed E-state index contributed by atoms with van der Waals surface area (Å²) in [5, 5.41) is 12.5. The molecule has 1 aromatic carbocycles. The summed E-state index contributed by atoms with van der Waals surface area (Å²) in [5.41, 5.74) is 2.49. The summed E-state index contributed by atoms with van der Waals surface area (Å²) in [6.45, 7) is 5.40. The van der Waals surface area contributed by atoms with Gasteiger partial charge in [-0.25, -0.2) is 4.79 Å². The Balaban J connectivity index is 1.87. The van der Waals surface area contributed by atoms with Crippen molar-refractivity contribution in [1.29, 1.82) is 0 Å². The number of benzene rings is 1. The maximum atomic E-state index is 12.1. The molecular formula is C17H23N5O2.